The van der Waals surface area contributed by atoms with Crippen molar-refractivity contribution in [1.29, 1.82) is 0 Å². The van der Waals surface area contributed by atoms with Crippen molar-refractivity contribution in [3.63, 3.8) is 0 Å². The number of urea groups is 1. The van der Waals surface area contributed by atoms with E-state index in [1.165, 1.54) is 38.8 Å². The number of hydrogen-bond acceptors (Lipinski definition) is 3. The zero-order valence-corrected chi connectivity index (χ0v) is 15.8. The topological polar surface area (TPSA) is 30.0 Å². The first-order chi connectivity index (χ1) is 11.6. The molecule has 2 amide bonds. The zero-order valence-electron chi connectivity index (χ0n) is 15.8. The quantitative estimate of drug-likeness (QED) is 0.682. The van der Waals surface area contributed by atoms with E-state index >= 15 is 0 Å². The molecule has 0 aromatic heterocycles. The minimum atomic E-state index is 0.277. The molecule has 3 aliphatic rings. The van der Waals surface area contributed by atoms with Gasteiger partial charge in [0.25, 0.3) is 0 Å². The molecule has 3 rings (SSSR count). The smallest absolute Gasteiger partial charge is 0.320 e. The molecule has 2 atom stereocenters. The summed E-state index contributed by atoms with van der Waals surface area (Å²) in [5.74, 6) is 0. The third-order valence-corrected chi connectivity index (χ3v) is 6.31. The van der Waals surface area contributed by atoms with E-state index in [0.29, 0.717) is 0 Å². The van der Waals surface area contributed by atoms with E-state index in [-0.39, 0.29) is 6.03 Å². The maximum atomic E-state index is 12.5. The lowest BCUT2D eigenvalue weighted by Gasteiger charge is -2.24. The average Bonchev–Trinajstić information content (AvgIpc) is 3.25. The van der Waals surface area contributed by atoms with Crippen LogP contribution in [0.3, 0.4) is 0 Å². The van der Waals surface area contributed by atoms with Crippen LogP contribution in [0.4, 0.5) is 4.79 Å². The van der Waals surface area contributed by atoms with E-state index in [1.54, 1.807) is 0 Å². The van der Waals surface area contributed by atoms with Crippen molar-refractivity contribution in [2.24, 2.45) is 0 Å². The van der Waals surface area contributed by atoms with Crippen molar-refractivity contribution in [2.75, 3.05) is 52.4 Å². The molecule has 3 heterocycles. The van der Waals surface area contributed by atoms with Crippen molar-refractivity contribution in [1.82, 2.24) is 19.6 Å². The van der Waals surface area contributed by atoms with Crippen LogP contribution in [0.25, 0.3) is 0 Å². The molecule has 5 heteroatoms. The highest BCUT2D eigenvalue weighted by Gasteiger charge is 2.28. The largest absolute Gasteiger partial charge is 0.323 e. The molecule has 0 bridgehead atoms. The summed E-state index contributed by atoms with van der Waals surface area (Å²) in [6, 6.07) is 1.76. The fourth-order valence-electron chi connectivity index (χ4n) is 4.63. The lowest BCUT2D eigenvalue weighted by atomic mass is 10.2. The first kappa shape index (κ1) is 18.0. The maximum Gasteiger partial charge on any atom is 0.320 e. The van der Waals surface area contributed by atoms with E-state index in [2.05, 4.69) is 33.4 Å². The summed E-state index contributed by atoms with van der Waals surface area (Å²) >= 11 is 0. The first-order valence-corrected chi connectivity index (χ1v) is 10.2. The number of amides is 2. The van der Waals surface area contributed by atoms with Crippen molar-refractivity contribution in [3.05, 3.63) is 0 Å². The van der Waals surface area contributed by atoms with Gasteiger partial charge in [-0.1, -0.05) is 0 Å². The average molecular weight is 337 g/mol. The number of likely N-dealkylation sites (tertiary alicyclic amines) is 2. The molecule has 0 aliphatic carbocycles. The third-order valence-electron chi connectivity index (χ3n) is 6.31. The monoisotopic (exact) mass is 336 g/mol. The Balaban J connectivity index is 1.31. The highest BCUT2D eigenvalue weighted by atomic mass is 16.2. The van der Waals surface area contributed by atoms with Crippen LogP contribution in [0.2, 0.25) is 0 Å². The molecule has 3 saturated heterocycles. The predicted molar refractivity (Wildman–Crippen MR) is 98.3 cm³/mol. The lowest BCUT2D eigenvalue weighted by Crippen LogP contribution is -2.36. The van der Waals surface area contributed by atoms with E-state index in [0.717, 1.165) is 64.2 Å². The number of carbonyl (C=O) groups is 1. The van der Waals surface area contributed by atoms with Crippen molar-refractivity contribution >= 4 is 6.03 Å². The molecule has 0 aromatic rings. The van der Waals surface area contributed by atoms with E-state index < -0.39 is 0 Å². The lowest BCUT2D eigenvalue weighted by molar-refractivity contribution is 0.184. The molecule has 138 valence electrons. The summed E-state index contributed by atoms with van der Waals surface area (Å²) < 4.78 is 0. The fraction of sp³-hybridized carbons (Fsp3) is 0.947. The zero-order chi connectivity index (χ0) is 16.9. The Morgan fingerprint density at radius 1 is 0.750 bits per heavy atom. The second kappa shape index (κ2) is 8.52. The highest BCUT2D eigenvalue weighted by Crippen LogP contribution is 2.18. The molecule has 5 nitrogen and oxygen atoms in total. The Morgan fingerprint density at radius 3 is 1.58 bits per heavy atom. The van der Waals surface area contributed by atoms with Gasteiger partial charge in [-0.2, -0.15) is 0 Å². The van der Waals surface area contributed by atoms with Crippen LogP contribution in [-0.4, -0.2) is 90.1 Å². The van der Waals surface area contributed by atoms with Crippen LogP contribution < -0.4 is 0 Å². The van der Waals surface area contributed by atoms with Crippen LogP contribution >= 0.6 is 0 Å². The minimum absolute atomic E-state index is 0.277. The Morgan fingerprint density at radius 2 is 1.21 bits per heavy atom. The molecule has 0 radical (unpaired) electrons. The molecule has 3 aliphatic heterocycles. The molecular weight excluding hydrogens is 300 g/mol. The minimum Gasteiger partial charge on any atom is -0.323 e. The third kappa shape index (κ3) is 4.42. The van der Waals surface area contributed by atoms with Gasteiger partial charge in [-0.15, -0.1) is 0 Å². The Labute approximate surface area is 147 Å². The van der Waals surface area contributed by atoms with Gasteiger partial charge in [0.05, 0.1) is 0 Å². The van der Waals surface area contributed by atoms with Crippen LogP contribution in [0.5, 0.6) is 0 Å². The number of nitrogens with zero attached hydrogens (tertiary/aromatic N) is 4. The summed E-state index contributed by atoms with van der Waals surface area (Å²) in [7, 11) is 0. The van der Waals surface area contributed by atoms with Crippen LogP contribution in [0.15, 0.2) is 0 Å². The summed E-state index contributed by atoms with van der Waals surface area (Å²) in [4.78, 5) is 21.8. The van der Waals surface area contributed by atoms with E-state index in [1.807, 2.05) is 0 Å². The van der Waals surface area contributed by atoms with Gasteiger partial charge in [0, 0.05) is 51.4 Å². The van der Waals surface area contributed by atoms with Crippen molar-refractivity contribution in [2.45, 2.75) is 64.5 Å². The summed E-state index contributed by atoms with van der Waals surface area (Å²) in [6.07, 6.45) is 7.60. The molecule has 0 saturated carbocycles. The maximum absolute atomic E-state index is 12.5. The van der Waals surface area contributed by atoms with Crippen molar-refractivity contribution in [3.8, 4) is 0 Å². The van der Waals surface area contributed by atoms with E-state index in [4.69, 9.17) is 0 Å². The van der Waals surface area contributed by atoms with Gasteiger partial charge in [-0.3, -0.25) is 0 Å². The van der Waals surface area contributed by atoms with Crippen molar-refractivity contribution < 1.29 is 4.79 Å². The number of rotatable bonds is 8. The highest BCUT2D eigenvalue weighted by molar-refractivity contribution is 5.76. The van der Waals surface area contributed by atoms with Crippen LogP contribution in [-0.2, 0) is 0 Å². The molecule has 0 spiro atoms. The van der Waals surface area contributed by atoms with Gasteiger partial charge in [-0.25, -0.2) is 4.79 Å². The second-order valence-corrected chi connectivity index (χ2v) is 8.02. The van der Waals surface area contributed by atoms with E-state index in [9.17, 15) is 4.79 Å². The Bertz CT molecular complexity index is 380. The van der Waals surface area contributed by atoms with Gasteiger partial charge in [0.1, 0.15) is 0 Å². The van der Waals surface area contributed by atoms with Gasteiger partial charge in [-0.05, 0) is 65.5 Å². The predicted octanol–water partition coefficient (Wildman–Crippen LogP) is 2.47. The Hall–Kier alpha value is -0.810. The van der Waals surface area contributed by atoms with Gasteiger partial charge in [0.2, 0.25) is 0 Å². The normalized spacial score (nSPS) is 29.3. The fourth-order valence-corrected chi connectivity index (χ4v) is 4.63. The molecule has 2 unspecified atom stereocenters. The van der Waals surface area contributed by atoms with Gasteiger partial charge >= 0.3 is 6.03 Å². The summed E-state index contributed by atoms with van der Waals surface area (Å²) in [6.45, 7) is 13.2. The molecule has 3 fully saturated rings. The van der Waals surface area contributed by atoms with Crippen LogP contribution in [0.1, 0.15) is 52.4 Å². The first-order valence-electron chi connectivity index (χ1n) is 10.2. The Kier molecular flexibility index (Phi) is 6.39. The summed E-state index contributed by atoms with van der Waals surface area (Å²) in [5, 5.41) is 0. The van der Waals surface area contributed by atoms with Gasteiger partial charge < -0.3 is 19.6 Å². The number of carbonyl (C=O) groups excluding carboxylic acids is 1. The SMILES string of the molecule is CC1CCCN1CCCN1CCN(CCCN2CCCC2C)C1=O. The molecular formula is C19H36N4O. The van der Waals surface area contributed by atoms with Gasteiger partial charge in [0.15, 0.2) is 0 Å². The van der Waals surface area contributed by atoms with Crippen LogP contribution in [0, 0.1) is 0 Å². The second-order valence-electron chi connectivity index (χ2n) is 8.02. The standard InChI is InChI=1S/C19H36N4O/c1-17-7-3-9-20(17)11-5-13-22-15-16-23(19(22)24)14-6-12-21-10-4-8-18(21)2/h17-18H,3-16H2,1-2H3. The molecule has 0 N–H and O–H groups in total. The summed E-state index contributed by atoms with van der Waals surface area (Å²) in [5.41, 5.74) is 0. The molecule has 0 aromatic carbocycles. The number of hydrogen-bond donors (Lipinski definition) is 0. The molecule has 24 heavy (non-hydrogen) atoms.